The molecule has 0 saturated carbocycles. The molecule has 3 aromatic carbocycles. The zero-order valence-electron chi connectivity index (χ0n) is 18.8. The summed E-state index contributed by atoms with van der Waals surface area (Å²) in [5, 5.41) is 0. The molecule has 0 bridgehead atoms. The van der Waals surface area contributed by atoms with Crippen molar-refractivity contribution in [2.45, 2.75) is 38.0 Å². The minimum Gasteiger partial charge on any atom is -0.598 e. The first-order valence-corrected chi connectivity index (χ1v) is 11.5. The maximum absolute atomic E-state index is 13.0. The number of hydrogen-bond donors (Lipinski definition) is 1. The van der Waals surface area contributed by atoms with Crippen molar-refractivity contribution < 1.29 is 14.0 Å². The van der Waals surface area contributed by atoms with E-state index in [1.54, 1.807) is 14.2 Å². The van der Waals surface area contributed by atoms with Crippen molar-refractivity contribution in [1.29, 1.82) is 0 Å². The zero-order chi connectivity index (χ0) is 22.4. The van der Waals surface area contributed by atoms with Crippen molar-refractivity contribution in [2.24, 2.45) is 0 Å². The summed E-state index contributed by atoms with van der Waals surface area (Å²) in [6.07, 6.45) is 0.783. The number of ether oxygens (including phenoxy) is 2. The molecule has 5 heteroatoms. The van der Waals surface area contributed by atoms with E-state index in [4.69, 9.17) is 9.47 Å². The maximum Gasteiger partial charge on any atom is 0.136 e. The van der Waals surface area contributed by atoms with E-state index in [2.05, 4.69) is 29.0 Å². The normalized spacial score (nSPS) is 13.5. The SMILES string of the molecule is COc1ccc(Cc2ccc(OC)c([C@H](N[S@@+]([O-])C(C)(C)C)c3ccccc3)c2)cc1. The van der Waals surface area contributed by atoms with Crippen LogP contribution in [0.2, 0.25) is 0 Å². The highest BCUT2D eigenvalue weighted by molar-refractivity contribution is 7.90. The molecule has 0 fully saturated rings. The van der Waals surface area contributed by atoms with Gasteiger partial charge in [0.15, 0.2) is 0 Å². The van der Waals surface area contributed by atoms with Crippen molar-refractivity contribution in [3.05, 3.63) is 95.1 Å². The molecule has 0 radical (unpaired) electrons. The van der Waals surface area contributed by atoms with Gasteiger partial charge in [-0.05, 0) is 68.1 Å². The number of rotatable bonds is 8. The van der Waals surface area contributed by atoms with E-state index in [-0.39, 0.29) is 10.8 Å². The van der Waals surface area contributed by atoms with Crippen LogP contribution in [0.1, 0.15) is 49.1 Å². The van der Waals surface area contributed by atoms with Gasteiger partial charge >= 0.3 is 0 Å². The Morgan fingerprint density at radius 2 is 1.52 bits per heavy atom. The summed E-state index contributed by atoms with van der Waals surface area (Å²) < 4.78 is 26.9. The Kier molecular flexibility index (Phi) is 7.65. The average Bonchev–Trinajstić information content (AvgIpc) is 2.77. The van der Waals surface area contributed by atoms with Crippen molar-refractivity contribution in [3.63, 3.8) is 0 Å². The van der Waals surface area contributed by atoms with Crippen molar-refractivity contribution in [1.82, 2.24) is 4.72 Å². The average molecular weight is 438 g/mol. The molecule has 31 heavy (non-hydrogen) atoms. The van der Waals surface area contributed by atoms with Crippen molar-refractivity contribution in [2.75, 3.05) is 14.2 Å². The van der Waals surface area contributed by atoms with E-state index in [1.165, 1.54) is 5.56 Å². The fraction of sp³-hybridized carbons (Fsp3) is 0.308. The Bertz CT molecular complexity index is 968. The van der Waals surface area contributed by atoms with Crippen LogP contribution in [-0.4, -0.2) is 23.5 Å². The Balaban J connectivity index is 1.99. The predicted molar refractivity (Wildman–Crippen MR) is 128 cm³/mol. The summed E-state index contributed by atoms with van der Waals surface area (Å²) in [6.45, 7) is 5.90. The smallest absolute Gasteiger partial charge is 0.136 e. The summed E-state index contributed by atoms with van der Waals surface area (Å²) >= 11 is -1.25. The fourth-order valence-electron chi connectivity index (χ4n) is 3.34. The van der Waals surface area contributed by atoms with Crippen LogP contribution in [0.15, 0.2) is 72.8 Å². The van der Waals surface area contributed by atoms with Crippen molar-refractivity contribution in [3.8, 4) is 11.5 Å². The Labute approximate surface area is 188 Å². The molecule has 3 rings (SSSR count). The van der Waals surface area contributed by atoms with E-state index in [0.717, 1.165) is 34.6 Å². The highest BCUT2D eigenvalue weighted by atomic mass is 32.2. The highest BCUT2D eigenvalue weighted by Crippen LogP contribution is 2.33. The fourth-order valence-corrected chi connectivity index (χ4v) is 4.17. The standard InChI is InChI=1S/C26H31NO3S/c1-26(2,3)31(28)27-25(21-9-7-6-8-10-21)23-18-20(13-16-24(23)30-5)17-19-11-14-22(29-4)15-12-19/h6-16,18,25,27H,17H2,1-5H3/t25-,31+/m1/s1. The van der Waals surface area contributed by atoms with E-state index < -0.39 is 11.4 Å². The van der Waals surface area contributed by atoms with Gasteiger partial charge in [-0.2, -0.15) is 0 Å². The lowest BCUT2D eigenvalue weighted by atomic mass is 9.95. The summed E-state index contributed by atoms with van der Waals surface area (Å²) in [5.74, 6) is 1.61. The second-order valence-corrected chi connectivity index (χ2v) is 10.4. The number of benzene rings is 3. The molecule has 0 aromatic heterocycles. The number of nitrogens with one attached hydrogen (secondary N) is 1. The van der Waals surface area contributed by atoms with E-state index in [9.17, 15) is 4.55 Å². The minimum absolute atomic E-state index is 0.257. The van der Waals surface area contributed by atoms with Gasteiger partial charge in [0.2, 0.25) is 0 Å². The molecular weight excluding hydrogens is 406 g/mol. The minimum atomic E-state index is -1.25. The molecule has 3 aromatic rings. The van der Waals surface area contributed by atoms with Crippen LogP contribution in [0, 0.1) is 0 Å². The summed E-state index contributed by atoms with van der Waals surface area (Å²) in [7, 11) is 3.34. The molecular formula is C26H31NO3S. The quantitative estimate of drug-likeness (QED) is 0.477. The monoisotopic (exact) mass is 437 g/mol. The summed E-state index contributed by atoms with van der Waals surface area (Å²) in [5.41, 5.74) is 4.36. The second kappa shape index (κ2) is 10.2. The zero-order valence-corrected chi connectivity index (χ0v) is 19.7. The lowest BCUT2D eigenvalue weighted by molar-refractivity contribution is 0.406. The largest absolute Gasteiger partial charge is 0.598 e. The van der Waals surface area contributed by atoms with Crippen LogP contribution in [0.25, 0.3) is 0 Å². The molecule has 0 aliphatic heterocycles. The van der Waals surface area contributed by atoms with Crippen LogP contribution < -0.4 is 14.2 Å². The van der Waals surface area contributed by atoms with E-state index in [0.29, 0.717) is 0 Å². The highest BCUT2D eigenvalue weighted by Gasteiger charge is 2.31. The molecule has 2 atom stereocenters. The molecule has 0 aliphatic rings. The first-order valence-electron chi connectivity index (χ1n) is 10.3. The number of hydrogen-bond acceptors (Lipinski definition) is 4. The topological polar surface area (TPSA) is 53.5 Å². The van der Waals surface area contributed by atoms with Gasteiger partial charge in [0.25, 0.3) is 0 Å². The molecule has 0 unspecified atom stereocenters. The first kappa shape index (κ1) is 23.2. The lowest BCUT2D eigenvalue weighted by Crippen LogP contribution is -2.41. The van der Waals surface area contributed by atoms with Gasteiger partial charge in [0.05, 0.1) is 14.2 Å². The van der Waals surface area contributed by atoms with Gasteiger partial charge in [-0.25, -0.2) is 0 Å². The summed E-state index contributed by atoms with van der Waals surface area (Å²) in [6, 6.07) is 24.1. The van der Waals surface area contributed by atoms with Crippen LogP contribution in [0.3, 0.4) is 0 Å². The van der Waals surface area contributed by atoms with Gasteiger partial charge in [0.1, 0.15) is 22.3 Å². The Morgan fingerprint density at radius 1 is 0.871 bits per heavy atom. The molecule has 0 spiro atoms. The van der Waals surface area contributed by atoms with Gasteiger partial charge in [-0.1, -0.05) is 48.5 Å². The third-order valence-corrected chi connectivity index (χ3v) is 6.65. The van der Waals surface area contributed by atoms with Crippen LogP contribution >= 0.6 is 0 Å². The van der Waals surface area contributed by atoms with Crippen LogP contribution in [-0.2, 0) is 17.8 Å². The van der Waals surface area contributed by atoms with Gasteiger partial charge < -0.3 is 14.0 Å². The first-order chi connectivity index (χ1) is 14.8. The molecule has 0 heterocycles. The lowest BCUT2D eigenvalue weighted by Gasteiger charge is -2.29. The van der Waals surface area contributed by atoms with Gasteiger partial charge in [0, 0.05) is 16.9 Å². The molecule has 0 aliphatic carbocycles. The van der Waals surface area contributed by atoms with Crippen LogP contribution in [0.4, 0.5) is 0 Å². The summed E-state index contributed by atoms with van der Waals surface area (Å²) in [4.78, 5) is 0. The maximum atomic E-state index is 13.0. The molecule has 0 saturated heterocycles. The third-order valence-electron chi connectivity index (χ3n) is 5.09. The van der Waals surface area contributed by atoms with Crippen LogP contribution in [0.5, 0.6) is 11.5 Å². The molecule has 1 N–H and O–H groups in total. The Morgan fingerprint density at radius 3 is 2.10 bits per heavy atom. The van der Waals surface area contributed by atoms with E-state index in [1.807, 2.05) is 69.3 Å². The van der Waals surface area contributed by atoms with Crippen molar-refractivity contribution >= 4 is 11.4 Å². The molecule has 0 amide bonds. The van der Waals surface area contributed by atoms with E-state index >= 15 is 0 Å². The van der Waals surface area contributed by atoms with Gasteiger partial charge in [-0.3, -0.25) is 0 Å². The number of methoxy groups -OCH3 is 2. The van der Waals surface area contributed by atoms with Gasteiger partial charge in [-0.15, -0.1) is 4.72 Å². The predicted octanol–water partition coefficient (Wildman–Crippen LogP) is 5.44. The Hall–Kier alpha value is -2.47. The third kappa shape index (κ3) is 6.03. The molecule has 4 nitrogen and oxygen atoms in total. The second-order valence-electron chi connectivity index (χ2n) is 8.44. The molecule has 164 valence electrons.